The molecule has 1 heterocycles. The lowest BCUT2D eigenvalue weighted by Crippen LogP contribution is -2.35. The van der Waals surface area contributed by atoms with Gasteiger partial charge in [0.15, 0.2) is 6.20 Å². The lowest BCUT2D eigenvalue weighted by Gasteiger charge is -2.19. The zero-order chi connectivity index (χ0) is 17.4. The second kappa shape index (κ2) is 5.96. The molecule has 0 aliphatic carbocycles. The Kier molecular flexibility index (Phi) is 4.53. The second-order valence-electron chi connectivity index (χ2n) is 7.02. The molecule has 0 fully saturated rings. The number of rotatable bonds is 3. The van der Waals surface area contributed by atoms with Gasteiger partial charge in [-0.2, -0.15) is 4.73 Å². The van der Waals surface area contributed by atoms with Gasteiger partial charge in [-0.1, -0.05) is 44.5 Å². The van der Waals surface area contributed by atoms with E-state index in [0.29, 0.717) is 4.73 Å². The summed E-state index contributed by atoms with van der Waals surface area (Å²) >= 11 is 0. The van der Waals surface area contributed by atoms with Crippen molar-refractivity contribution in [1.82, 2.24) is 0 Å². The van der Waals surface area contributed by atoms with Gasteiger partial charge >= 0.3 is 5.03 Å². The molecule has 4 nitrogen and oxygen atoms in total. The van der Waals surface area contributed by atoms with Crippen molar-refractivity contribution >= 4 is 9.84 Å². The minimum atomic E-state index is -3.72. The summed E-state index contributed by atoms with van der Waals surface area (Å²) in [4.78, 5) is 0. The van der Waals surface area contributed by atoms with Gasteiger partial charge in [0.25, 0.3) is 0 Å². The fourth-order valence-electron chi connectivity index (χ4n) is 2.39. The van der Waals surface area contributed by atoms with Crippen molar-refractivity contribution in [2.45, 2.75) is 50.8 Å². The second-order valence-corrected chi connectivity index (χ2v) is 8.95. The summed E-state index contributed by atoms with van der Waals surface area (Å²) in [5.41, 5.74) is 3.23. The summed E-state index contributed by atoms with van der Waals surface area (Å²) in [5.74, 6) is -0.170. The van der Waals surface area contributed by atoms with E-state index in [9.17, 15) is 13.6 Å². The molecule has 0 N–H and O–H groups in total. The first-order valence-corrected chi connectivity index (χ1v) is 9.18. The van der Waals surface area contributed by atoms with E-state index in [2.05, 4.69) is 0 Å². The number of benzene rings is 1. The molecular weight excluding hydrogens is 310 g/mol. The smallest absolute Gasteiger partial charge is 0.309 e. The van der Waals surface area contributed by atoms with E-state index in [-0.39, 0.29) is 16.2 Å². The van der Waals surface area contributed by atoms with Gasteiger partial charge in [-0.25, -0.2) is 8.42 Å². The molecular formula is C18H23NO3S. The van der Waals surface area contributed by atoms with Gasteiger partial charge in [0.2, 0.25) is 9.84 Å². The highest BCUT2D eigenvalue weighted by Crippen LogP contribution is 2.24. The third-order valence-corrected chi connectivity index (χ3v) is 5.55. The van der Waals surface area contributed by atoms with Crippen LogP contribution in [0.5, 0.6) is 0 Å². The minimum absolute atomic E-state index is 0.170. The average Bonchev–Trinajstić information content (AvgIpc) is 2.41. The summed E-state index contributed by atoms with van der Waals surface area (Å²) in [7, 11) is -3.72. The van der Waals surface area contributed by atoms with E-state index >= 15 is 0 Å². The largest absolute Gasteiger partial charge is 0.618 e. The van der Waals surface area contributed by atoms with Crippen LogP contribution in [0.15, 0.2) is 41.6 Å². The number of nitrogens with zero attached hydrogens (tertiary/aromatic N) is 1. The van der Waals surface area contributed by atoms with Crippen molar-refractivity contribution in [3.8, 4) is 0 Å². The predicted molar refractivity (Wildman–Crippen MR) is 90.9 cm³/mol. The third-order valence-electron chi connectivity index (χ3n) is 3.92. The van der Waals surface area contributed by atoms with Crippen molar-refractivity contribution in [3.05, 3.63) is 64.0 Å². The van der Waals surface area contributed by atoms with Crippen molar-refractivity contribution in [1.29, 1.82) is 0 Å². The van der Waals surface area contributed by atoms with Crippen LogP contribution in [0.3, 0.4) is 0 Å². The first kappa shape index (κ1) is 17.5. The molecule has 2 aromatic rings. The van der Waals surface area contributed by atoms with Crippen LogP contribution < -0.4 is 4.73 Å². The molecule has 0 bridgehead atoms. The number of sulfone groups is 1. The Morgan fingerprint density at radius 3 is 2.35 bits per heavy atom. The number of aryl methyl sites for hydroxylation is 2. The van der Waals surface area contributed by atoms with Crippen LogP contribution in [0.2, 0.25) is 0 Å². The van der Waals surface area contributed by atoms with E-state index in [4.69, 9.17) is 0 Å². The molecule has 0 atom stereocenters. The zero-order valence-corrected chi connectivity index (χ0v) is 15.1. The lowest BCUT2D eigenvalue weighted by molar-refractivity contribution is -0.646. The third kappa shape index (κ3) is 3.91. The number of hydrogen-bond donors (Lipinski definition) is 0. The highest BCUT2D eigenvalue weighted by molar-refractivity contribution is 7.90. The van der Waals surface area contributed by atoms with Gasteiger partial charge in [-0.3, -0.25) is 0 Å². The first-order chi connectivity index (χ1) is 10.5. The van der Waals surface area contributed by atoms with Crippen LogP contribution in [-0.4, -0.2) is 8.42 Å². The highest BCUT2D eigenvalue weighted by Gasteiger charge is 2.28. The van der Waals surface area contributed by atoms with Gasteiger partial charge in [-0.15, -0.1) is 0 Å². The van der Waals surface area contributed by atoms with Crippen molar-refractivity contribution in [2.75, 3.05) is 0 Å². The van der Waals surface area contributed by atoms with Gasteiger partial charge in [-0.05, 0) is 36.0 Å². The van der Waals surface area contributed by atoms with E-state index in [1.165, 1.54) is 12.3 Å². The molecule has 0 spiro atoms. The number of aromatic nitrogens is 1. The van der Waals surface area contributed by atoms with Gasteiger partial charge in [0.1, 0.15) is 0 Å². The first-order valence-electron chi connectivity index (χ1n) is 7.53. The maximum Gasteiger partial charge on any atom is 0.309 e. The van der Waals surface area contributed by atoms with E-state index < -0.39 is 9.84 Å². The van der Waals surface area contributed by atoms with Crippen LogP contribution >= 0.6 is 0 Å². The molecule has 1 aromatic carbocycles. The van der Waals surface area contributed by atoms with Crippen LogP contribution in [-0.2, 0) is 21.0 Å². The topological polar surface area (TPSA) is 61.1 Å². The summed E-state index contributed by atoms with van der Waals surface area (Å²) < 4.78 is 25.9. The maximum absolute atomic E-state index is 12.7. The maximum atomic E-state index is 12.7. The summed E-state index contributed by atoms with van der Waals surface area (Å²) in [6.45, 7) is 9.75. The predicted octanol–water partition coefficient (Wildman–Crippen LogP) is 3.21. The molecule has 0 unspecified atom stereocenters. The normalized spacial score (nSPS) is 12.4. The van der Waals surface area contributed by atoms with E-state index in [1.807, 2.05) is 52.8 Å². The monoisotopic (exact) mass is 333 g/mol. The Hall–Kier alpha value is -1.88. The van der Waals surface area contributed by atoms with Crippen LogP contribution in [0.25, 0.3) is 0 Å². The van der Waals surface area contributed by atoms with Crippen molar-refractivity contribution in [3.63, 3.8) is 0 Å². The fourth-order valence-corrected chi connectivity index (χ4v) is 3.90. The van der Waals surface area contributed by atoms with E-state index in [0.717, 1.165) is 22.3 Å². The van der Waals surface area contributed by atoms with Gasteiger partial charge in [0.05, 0.1) is 5.75 Å². The molecule has 2 rings (SSSR count). The molecule has 0 aliphatic heterocycles. The van der Waals surface area contributed by atoms with Crippen LogP contribution in [0.4, 0.5) is 0 Å². The highest BCUT2D eigenvalue weighted by atomic mass is 32.2. The Bertz CT molecular complexity index is 834. The number of hydrogen-bond acceptors (Lipinski definition) is 3. The molecule has 23 heavy (non-hydrogen) atoms. The quantitative estimate of drug-likeness (QED) is 0.640. The van der Waals surface area contributed by atoms with Crippen molar-refractivity contribution < 1.29 is 13.1 Å². The zero-order valence-electron chi connectivity index (χ0n) is 14.3. The molecule has 0 amide bonds. The van der Waals surface area contributed by atoms with Crippen LogP contribution in [0.1, 0.15) is 43.0 Å². The van der Waals surface area contributed by atoms with E-state index in [1.54, 1.807) is 6.07 Å². The lowest BCUT2D eigenvalue weighted by atomic mass is 9.88. The number of pyridine rings is 1. The molecule has 124 valence electrons. The Morgan fingerprint density at radius 2 is 1.74 bits per heavy atom. The Labute approximate surface area is 138 Å². The standard InChI is InChI=1S/C18H23NO3S/c1-13-6-7-14(2)15(10-13)12-23(21,22)17-11-16(18(3,4)5)8-9-19(17)20/h6-11H,12H2,1-5H3. The van der Waals surface area contributed by atoms with Gasteiger partial charge < -0.3 is 5.21 Å². The van der Waals surface area contributed by atoms with Crippen LogP contribution in [0, 0.1) is 19.1 Å². The molecule has 0 saturated carbocycles. The van der Waals surface area contributed by atoms with Crippen molar-refractivity contribution in [2.24, 2.45) is 0 Å². The fraction of sp³-hybridized carbons (Fsp3) is 0.389. The molecule has 0 radical (unpaired) electrons. The summed E-state index contributed by atoms with van der Waals surface area (Å²) in [6, 6.07) is 8.86. The molecule has 1 aromatic heterocycles. The molecule has 0 aliphatic rings. The Morgan fingerprint density at radius 1 is 1.09 bits per heavy atom. The molecule has 0 saturated heterocycles. The summed E-state index contributed by atoms with van der Waals surface area (Å²) in [5, 5.41) is 11.8. The minimum Gasteiger partial charge on any atom is -0.618 e. The SMILES string of the molecule is Cc1ccc(C)c(CS(=O)(=O)c2cc(C(C)(C)C)cc[n+]2[O-])c1. The van der Waals surface area contributed by atoms with Gasteiger partial charge in [0, 0.05) is 12.1 Å². The Balaban J connectivity index is 2.50. The summed E-state index contributed by atoms with van der Waals surface area (Å²) in [6.07, 6.45) is 1.27. The average molecular weight is 333 g/mol. The molecule has 5 heteroatoms.